The zero-order valence-electron chi connectivity index (χ0n) is 18.4. The molecule has 4 aliphatic rings. The summed E-state index contributed by atoms with van der Waals surface area (Å²) in [6.07, 6.45) is 4.94. The molecule has 0 heterocycles. The highest BCUT2D eigenvalue weighted by atomic mass is 16.4. The van der Waals surface area contributed by atoms with Gasteiger partial charge in [0.05, 0.1) is 18.3 Å². The highest BCUT2D eigenvalue weighted by molar-refractivity contribution is 5.66. The van der Waals surface area contributed by atoms with Gasteiger partial charge in [-0.25, -0.2) is 0 Å². The van der Waals surface area contributed by atoms with Crippen LogP contribution in [0.5, 0.6) is 0 Å². The first kappa shape index (κ1) is 22.5. The van der Waals surface area contributed by atoms with Gasteiger partial charge in [0.1, 0.15) is 0 Å². The van der Waals surface area contributed by atoms with Crippen LogP contribution in [0.2, 0.25) is 0 Å². The van der Waals surface area contributed by atoms with Gasteiger partial charge in [0.25, 0.3) is 0 Å². The van der Waals surface area contributed by atoms with E-state index in [-0.39, 0.29) is 54.1 Å². The number of rotatable bonds is 5. The number of fused-ring (bicyclic) bond motifs is 5. The predicted octanol–water partition coefficient (Wildman–Crippen LogP) is 2.42. The van der Waals surface area contributed by atoms with Gasteiger partial charge in [0, 0.05) is 13.0 Å². The third-order valence-electron chi connectivity index (χ3n) is 10.4. The summed E-state index contributed by atoms with van der Waals surface area (Å²) in [4.78, 5) is 11.1. The molecule has 0 aromatic heterocycles. The lowest BCUT2D eigenvalue weighted by atomic mass is 9.43. The lowest BCUT2D eigenvalue weighted by molar-refractivity contribution is -0.208. The van der Waals surface area contributed by atoms with Gasteiger partial charge in [-0.05, 0) is 97.7 Å². The van der Waals surface area contributed by atoms with E-state index in [2.05, 4.69) is 13.8 Å². The van der Waals surface area contributed by atoms with E-state index in [1.165, 1.54) is 0 Å². The summed E-state index contributed by atoms with van der Waals surface area (Å²) in [7, 11) is 0. The first-order valence-electron chi connectivity index (χ1n) is 12.0. The summed E-state index contributed by atoms with van der Waals surface area (Å²) in [6, 6.07) is 0. The van der Waals surface area contributed by atoms with Gasteiger partial charge in [-0.1, -0.05) is 13.8 Å². The molecular formula is C24H40O6. The second-order valence-electron chi connectivity index (χ2n) is 11.4. The number of hydrogen-bond donors (Lipinski definition) is 5. The van der Waals surface area contributed by atoms with Crippen LogP contribution in [0.25, 0.3) is 0 Å². The van der Waals surface area contributed by atoms with E-state index in [0.717, 1.165) is 38.5 Å². The molecule has 4 fully saturated rings. The molecule has 6 nitrogen and oxygen atoms in total. The maximum Gasteiger partial charge on any atom is 0.303 e. The van der Waals surface area contributed by atoms with E-state index in [9.17, 15) is 25.2 Å². The molecular weight excluding hydrogens is 384 g/mol. The van der Waals surface area contributed by atoms with Gasteiger partial charge in [-0.3, -0.25) is 4.79 Å². The maximum absolute atomic E-state index is 11.5. The van der Waals surface area contributed by atoms with Crippen molar-refractivity contribution >= 4 is 5.97 Å². The topological polar surface area (TPSA) is 118 Å². The fourth-order valence-electron chi connectivity index (χ4n) is 8.71. The van der Waals surface area contributed by atoms with E-state index in [1.807, 2.05) is 0 Å². The molecule has 0 bridgehead atoms. The molecule has 4 rings (SSSR count). The number of carboxylic acids is 1. The van der Waals surface area contributed by atoms with Gasteiger partial charge in [-0.2, -0.15) is 0 Å². The monoisotopic (exact) mass is 424 g/mol. The van der Waals surface area contributed by atoms with Crippen molar-refractivity contribution in [1.29, 1.82) is 0 Å². The number of carboxylic acid groups (broad SMARTS) is 1. The summed E-state index contributed by atoms with van der Waals surface area (Å²) >= 11 is 0. The van der Waals surface area contributed by atoms with Crippen molar-refractivity contribution in [3.8, 4) is 0 Å². The van der Waals surface area contributed by atoms with Crippen LogP contribution in [0.4, 0.5) is 0 Å². The standard InChI is InChI=1S/C24H40O6/c1-23-8-7-15(26)9-14(23)10-19(27)22-17-5-4-16(13(12-25)3-6-21(29)30)24(17,2)20(28)11-18(22)23/h13-20,22,25-28H,3-12H2,1-2H3,(H,29,30)/t13-,14-,15+,16+,17-,18-,19?,20-,22-,23-,24+/m0/s1. The van der Waals surface area contributed by atoms with Crippen LogP contribution >= 0.6 is 0 Å². The molecule has 6 heteroatoms. The quantitative estimate of drug-likeness (QED) is 0.463. The molecule has 5 N–H and O–H groups in total. The van der Waals surface area contributed by atoms with Crippen molar-refractivity contribution in [3.05, 3.63) is 0 Å². The van der Waals surface area contributed by atoms with Gasteiger partial charge in [0.2, 0.25) is 0 Å². The number of carbonyl (C=O) groups is 1. The Morgan fingerprint density at radius 3 is 2.43 bits per heavy atom. The SMILES string of the molecule is C[C@]12CC[C@@H](O)C[C@H]1CC(O)[C@@H]1[C@@H]2C[C@H](O)[C@]2(C)[C@@H]([C@H](CO)CCC(=O)O)CC[C@@H]12. The lowest BCUT2D eigenvalue weighted by Gasteiger charge is -2.63. The van der Waals surface area contributed by atoms with E-state index >= 15 is 0 Å². The van der Waals surface area contributed by atoms with Crippen molar-refractivity contribution in [3.63, 3.8) is 0 Å². The molecule has 4 saturated carbocycles. The van der Waals surface area contributed by atoms with Crippen LogP contribution < -0.4 is 0 Å². The fourth-order valence-corrected chi connectivity index (χ4v) is 8.71. The van der Waals surface area contributed by atoms with Gasteiger partial charge in [0.15, 0.2) is 0 Å². The summed E-state index contributed by atoms with van der Waals surface area (Å²) in [5, 5.41) is 52.1. The molecule has 0 aromatic rings. The molecule has 0 aliphatic heterocycles. The van der Waals surface area contributed by atoms with Crippen molar-refractivity contribution in [2.75, 3.05) is 6.61 Å². The average Bonchev–Trinajstić information content (AvgIpc) is 3.03. The Hall–Kier alpha value is -0.690. The Kier molecular flexibility index (Phi) is 6.02. The molecule has 4 aliphatic carbocycles. The minimum atomic E-state index is -0.849. The molecule has 0 saturated heterocycles. The molecule has 0 radical (unpaired) electrons. The van der Waals surface area contributed by atoms with Gasteiger partial charge in [-0.15, -0.1) is 0 Å². The molecule has 0 amide bonds. The zero-order valence-corrected chi connectivity index (χ0v) is 18.4. The first-order chi connectivity index (χ1) is 14.1. The Bertz CT molecular complexity index is 654. The number of hydrogen-bond acceptors (Lipinski definition) is 5. The zero-order chi connectivity index (χ0) is 21.8. The van der Waals surface area contributed by atoms with Gasteiger partial charge < -0.3 is 25.5 Å². The summed E-state index contributed by atoms with van der Waals surface area (Å²) in [5.74, 6) is -0.0267. The molecule has 0 spiro atoms. The van der Waals surface area contributed by atoms with Crippen molar-refractivity contribution in [1.82, 2.24) is 0 Å². The van der Waals surface area contributed by atoms with E-state index in [0.29, 0.717) is 18.8 Å². The number of aliphatic carboxylic acids is 1. The number of aliphatic hydroxyl groups excluding tert-OH is 4. The largest absolute Gasteiger partial charge is 0.481 e. The summed E-state index contributed by atoms with van der Waals surface area (Å²) in [6.45, 7) is 4.39. The number of aliphatic hydroxyl groups is 4. The Morgan fingerprint density at radius 1 is 1.03 bits per heavy atom. The second-order valence-corrected chi connectivity index (χ2v) is 11.4. The molecule has 172 valence electrons. The van der Waals surface area contributed by atoms with Crippen LogP contribution in [0.15, 0.2) is 0 Å². The Labute approximate surface area is 179 Å². The molecule has 30 heavy (non-hydrogen) atoms. The summed E-state index contributed by atoms with van der Waals surface area (Å²) < 4.78 is 0. The Morgan fingerprint density at radius 2 is 1.77 bits per heavy atom. The van der Waals surface area contributed by atoms with E-state index < -0.39 is 23.6 Å². The molecule has 11 atom stereocenters. The normalized spacial score (nSPS) is 51.5. The van der Waals surface area contributed by atoms with Crippen LogP contribution in [0.1, 0.15) is 71.6 Å². The predicted molar refractivity (Wildman–Crippen MR) is 111 cm³/mol. The lowest BCUT2D eigenvalue weighted by Crippen LogP contribution is -2.62. The van der Waals surface area contributed by atoms with Gasteiger partial charge >= 0.3 is 5.97 Å². The van der Waals surface area contributed by atoms with Crippen molar-refractivity contribution < 1.29 is 30.3 Å². The summed E-state index contributed by atoms with van der Waals surface area (Å²) in [5.41, 5.74) is -0.353. The Balaban J connectivity index is 1.62. The van der Waals surface area contributed by atoms with Crippen LogP contribution in [0, 0.1) is 46.3 Å². The van der Waals surface area contributed by atoms with Crippen LogP contribution in [0.3, 0.4) is 0 Å². The fraction of sp³-hybridized carbons (Fsp3) is 0.958. The highest BCUT2D eigenvalue weighted by Crippen LogP contribution is 2.68. The minimum absolute atomic E-state index is 0.0370. The third kappa shape index (κ3) is 3.33. The third-order valence-corrected chi connectivity index (χ3v) is 10.4. The molecule has 0 aromatic carbocycles. The minimum Gasteiger partial charge on any atom is -0.481 e. The van der Waals surface area contributed by atoms with Crippen molar-refractivity contribution in [2.45, 2.75) is 89.9 Å². The maximum atomic E-state index is 11.5. The van der Waals surface area contributed by atoms with Crippen LogP contribution in [-0.4, -0.2) is 56.4 Å². The average molecular weight is 425 g/mol. The van der Waals surface area contributed by atoms with Crippen LogP contribution in [-0.2, 0) is 4.79 Å². The van der Waals surface area contributed by atoms with E-state index in [1.54, 1.807) is 0 Å². The van der Waals surface area contributed by atoms with Crippen molar-refractivity contribution in [2.24, 2.45) is 46.3 Å². The first-order valence-corrected chi connectivity index (χ1v) is 12.0. The highest BCUT2D eigenvalue weighted by Gasteiger charge is 2.65. The smallest absolute Gasteiger partial charge is 0.303 e. The second kappa shape index (κ2) is 8.02. The molecule has 1 unspecified atom stereocenters. The van der Waals surface area contributed by atoms with E-state index in [4.69, 9.17) is 5.11 Å².